The highest BCUT2D eigenvalue weighted by atomic mass is 32.2. The summed E-state index contributed by atoms with van der Waals surface area (Å²) in [4.78, 5) is 13.3. The van der Waals surface area contributed by atoms with E-state index in [1.165, 1.54) is 23.5 Å². The van der Waals surface area contributed by atoms with Crippen LogP contribution in [0, 0.1) is 12.8 Å². The number of amides is 1. The van der Waals surface area contributed by atoms with E-state index in [0.717, 1.165) is 17.5 Å². The van der Waals surface area contributed by atoms with Gasteiger partial charge in [0, 0.05) is 19.0 Å². The van der Waals surface area contributed by atoms with Crippen molar-refractivity contribution in [3.63, 3.8) is 0 Å². The van der Waals surface area contributed by atoms with E-state index in [-0.39, 0.29) is 46.8 Å². The molecule has 1 fully saturated rings. The predicted octanol–water partition coefficient (Wildman–Crippen LogP) is 5.48. The molecule has 2 atom stereocenters. The SMILES string of the molecule is COc1ccc(S(=O)(=O)N(CC(C)C)c2ccc(CC[C@H](C)NC(=O)c3ccc(C)cc3O[C@H]3CCOC3)cc2O)cc1. The number of aromatic hydroxyl groups is 1. The number of aryl methyl sites for hydroxylation is 2. The van der Waals surface area contributed by atoms with Crippen LogP contribution in [0.3, 0.4) is 0 Å². The van der Waals surface area contributed by atoms with Gasteiger partial charge in [-0.1, -0.05) is 26.0 Å². The number of phenols is 1. The zero-order valence-corrected chi connectivity index (χ0v) is 26.3. The number of nitrogens with zero attached hydrogens (tertiary/aromatic N) is 1. The van der Waals surface area contributed by atoms with E-state index < -0.39 is 10.0 Å². The lowest BCUT2D eigenvalue weighted by Gasteiger charge is -2.27. The van der Waals surface area contributed by atoms with E-state index in [1.54, 1.807) is 30.3 Å². The first-order chi connectivity index (χ1) is 20.5. The Morgan fingerprint density at radius 1 is 1.09 bits per heavy atom. The Balaban J connectivity index is 1.43. The average Bonchev–Trinajstić information content (AvgIpc) is 3.48. The van der Waals surface area contributed by atoms with Gasteiger partial charge in [0.25, 0.3) is 15.9 Å². The van der Waals surface area contributed by atoms with Gasteiger partial charge < -0.3 is 24.6 Å². The van der Waals surface area contributed by atoms with Gasteiger partial charge in [0.2, 0.25) is 0 Å². The van der Waals surface area contributed by atoms with Gasteiger partial charge in [0.15, 0.2) is 0 Å². The number of rotatable bonds is 13. The predicted molar refractivity (Wildman–Crippen MR) is 167 cm³/mol. The number of methoxy groups -OCH3 is 1. The Morgan fingerprint density at radius 2 is 1.84 bits per heavy atom. The van der Waals surface area contributed by atoms with Gasteiger partial charge in [-0.2, -0.15) is 0 Å². The highest BCUT2D eigenvalue weighted by molar-refractivity contribution is 7.92. The molecule has 1 amide bonds. The Labute approximate surface area is 254 Å². The van der Waals surface area contributed by atoms with Crippen LogP contribution >= 0.6 is 0 Å². The lowest BCUT2D eigenvalue weighted by molar-refractivity contribution is 0.0927. The number of nitrogens with one attached hydrogen (secondary N) is 1. The third-order valence-corrected chi connectivity index (χ3v) is 9.09. The highest BCUT2D eigenvalue weighted by Gasteiger charge is 2.28. The molecule has 232 valence electrons. The average molecular weight is 611 g/mol. The standard InChI is InChI=1S/C33H42N2O7S/c1-22(2)20-35(43(38,39)28-12-10-26(40-5)11-13-28)30-15-9-25(19-31(30)36)8-7-24(4)34-33(37)29-14-6-23(3)18-32(29)42-27-16-17-41-21-27/h6,9-15,18-19,22,24,27,36H,7-8,16-17,20-21H2,1-5H3,(H,34,37)/t24-,27-/m0/s1. The number of hydrogen-bond donors (Lipinski definition) is 2. The van der Waals surface area contributed by atoms with Crippen molar-refractivity contribution < 1.29 is 32.5 Å². The third kappa shape index (κ3) is 8.20. The number of sulfonamides is 1. The molecule has 0 radical (unpaired) electrons. The van der Waals surface area contributed by atoms with Gasteiger partial charge in [0.05, 0.1) is 36.5 Å². The summed E-state index contributed by atoms with van der Waals surface area (Å²) >= 11 is 0. The molecule has 3 aromatic rings. The van der Waals surface area contributed by atoms with E-state index in [9.17, 15) is 18.3 Å². The van der Waals surface area contributed by atoms with Crippen molar-refractivity contribution in [1.82, 2.24) is 5.32 Å². The first kappa shape index (κ1) is 32.2. The van der Waals surface area contributed by atoms with Crippen molar-refractivity contribution in [3.05, 3.63) is 77.4 Å². The number of benzene rings is 3. The molecule has 2 N–H and O–H groups in total. The molecule has 3 aromatic carbocycles. The quantitative estimate of drug-likeness (QED) is 0.263. The number of carbonyl (C=O) groups excluding carboxylic acids is 1. The minimum atomic E-state index is -3.94. The van der Waals surface area contributed by atoms with Crippen molar-refractivity contribution in [1.29, 1.82) is 0 Å². The van der Waals surface area contributed by atoms with E-state index in [0.29, 0.717) is 43.1 Å². The molecule has 1 saturated heterocycles. The van der Waals surface area contributed by atoms with Crippen molar-refractivity contribution in [2.75, 3.05) is 31.2 Å². The number of carbonyl (C=O) groups is 1. The fourth-order valence-electron chi connectivity index (χ4n) is 4.92. The van der Waals surface area contributed by atoms with Crippen LogP contribution in [0.5, 0.6) is 17.2 Å². The van der Waals surface area contributed by atoms with Gasteiger partial charge in [-0.25, -0.2) is 8.42 Å². The van der Waals surface area contributed by atoms with Crippen LogP contribution in [0.1, 0.15) is 55.1 Å². The lowest BCUT2D eigenvalue weighted by Crippen LogP contribution is -2.34. The van der Waals surface area contributed by atoms with Crippen molar-refractivity contribution in [3.8, 4) is 17.2 Å². The maximum Gasteiger partial charge on any atom is 0.264 e. The fourth-order valence-corrected chi connectivity index (χ4v) is 6.57. The van der Waals surface area contributed by atoms with Gasteiger partial charge in [-0.3, -0.25) is 9.10 Å². The van der Waals surface area contributed by atoms with E-state index in [4.69, 9.17) is 14.2 Å². The van der Waals surface area contributed by atoms with Crippen LogP contribution in [0.4, 0.5) is 5.69 Å². The van der Waals surface area contributed by atoms with Crippen LogP contribution in [0.25, 0.3) is 0 Å². The Hall–Kier alpha value is -3.76. The Kier molecular flexibility index (Phi) is 10.6. The smallest absolute Gasteiger partial charge is 0.264 e. The molecule has 0 aliphatic carbocycles. The molecule has 9 nitrogen and oxygen atoms in total. The summed E-state index contributed by atoms with van der Waals surface area (Å²) in [5.74, 6) is 0.787. The van der Waals surface area contributed by atoms with Gasteiger partial charge in [-0.05, 0) is 92.3 Å². The normalized spacial score (nSPS) is 15.7. The van der Waals surface area contributed by atoms with E-state index in [1.807, 2.05) is 45.9 Å². The number of ether oxygens (including phenoxy) is 3. The maximum atomic E-state index is 13.6. The summed E-state index contributed by atoms with van der Waals surface area (Å²) < 4.78 is 45.1. The number of anilines is 1. The fraction of sp³-hybridized carbons (Fsp3) is 0.424. The Morgan fingerprint density at radius 3 is 2.47 bits per heavy atom. The first-order valence-electron chi connectivity index (χ1n) is 14.6. The molecule has 4 rings (SSSR count). The van der Waals surface area contributed by atoms with Crippen molar-refractivity contribution in [2.24, 2.45) is 5.92 Å². The van der Waals surface area contributed by atoms with Crippen LogP contribution < -0.4 is 19.1 Å². The van der Waals surface area contributed by atoms with Crippen molar-refractivity contribution in [2.45, 2.75) is 64.0 Å². The van der Waals surface area contributed by atoms with E-state index >= 15 is 0 Å². The summed E-state index contributed by atoms with van der Waals surface area (Å²) in [6.07, 6.45) is 1.91. The summed E-state index contributed by atoms with van der Waals surface area (Å²) in [6, 6.07) is 16.6. The molecule has 0 aromatic heterocycles. The van der Waals surface area contributed by atoms with Crippen LogP contribution in [0.15, 0.2) is 65.6 Å². The molecular formula is C33H42N2O7S. The van der Waals surface area contributed by atoms with Crippen molar-refractivity contribution >= 4 is 21.6 Å². The minimum Gasteiger partial charge on any atom is -0.506 e. The number of hydrogen-bond acceptors (Lipinski definition) is 7. The third-order valence-electron chi connectivity index (χ3n) is 7.29. The lowest BCUT2D eigenvalue weighted by atomic mass is 10.0. The second-order valence-corrected chi connectivity index (χ2v) is 13.3. The van der Waals surface area contributed by atoms with Crippen LogP contribution in [-0.4, -0.2) is 58.4 Å². The molecule has 1 aliphatic heterocycles. The molecule has 43 heavy (non-hydrogen) atoms. The zero-order chi connectivity index (χ0) is 31.1. The summed E-state index contributed by atoms with van der Waals surface area (Å²) in [6.45, 7) is 9.10. The van der Waals surface area contributed by atoms with Gasteiger partial charge in [-0.15, -0.1) is 0 Å². The van der Waals surface area contributed by atoms with Crippen LogP contribution in [0.2, 0.25) is 0 Å². The minimum absolute atomic E-state index is 0.0162. The highest BCUT2D eigenvalue weighted by Crippen LogP contribution is 2.34. The zero-order valence-electron chi connectivity index (χ0n) is 25.5. The largest absolute Gasteiger partial charge is 0.506 e. The molecular weight excluding hydrogens is 568 g/mol. The second-order valence-electron chi connectivity index (χ2n) is 11.4. The molecule has 1 heterocycles. The maximum absolute atomic E-state index is 13.6. The van der Waals surface area contributed by atoms with Crippen LogP contribution in [-0.2, 0) is 21.2 Å². The topological polar surface area (TPSA) is 114 Å². The molecule has 10 heteroatoms. The summed E-state index contributed by atoms with van der Waals surface area (Å²) in [5, 5.41) is 14.0. The summed E-state index contributed by atoms with van der Waals surface area (Å²) in [5.41, 5.74) is 2.53. The second kappa shape index (κ2) is 14.1. The molecule has 0 unspecified atom stereocenters. The summed E-state index contributed by atoms with van der Waals surface area (Å²) in [7, 11) is -2.42. The monoisotopic (exact) mass is 610 g/mol. The Bertz CT molecular complexity index is 1500. The molecule has 1 aliphatic rings. The van der Waals surface area contributed by atoms with Gasteiger partial charge in [0.1, 0.15) is 23.4 Å². The number of phenolic OH excluding ortho intramolecular Hbond substituents is 1. The first-order valence-corrected chi connectivity index (χ1v) is 16.1. The molecule has 0 bridgehead atoms. The van der Waals surface area contributed by atoms with E-state index in [2.05, 4.69) is 5.32 Å². The van der Waals surface area contributed by atoms with Gasteiger partial charge >= 0.3 is 0 Å². The molecule has 0 spiro atoms. The molecule has 0 saturated carbocycles.